The van der Waals surface area contributed by atoms with E-state index in [9.17, 15) is 9.18 Å². The van der Waals surface area contributed by atoms with E-state index in [4.69, 9.17) is 9.84 Å². The van der Waals surface area contributed by atoms with Gasteiger partial charge >= 0.3 is 0 Å². The first-order valence-electron chi connectivity index (χ1n) is 9.24. The highest BCUT2D eigenvalue weighted by Gasteiger charge is 2.27. The summed E-state index contributed by atoms with van der Waals surface area (Å²) in [4.78, 5) is 12.9. The molecule has 0 spiro atoms. The summed E-state index contributed by atoms with van der Waals surface area (Å²) in [6, 6.07) is 6.00. The predicted octanol–water partition coefficient (Wildman–Crippen LogP) is 3.94. The zero-order valence-corrected chi connectivity index (χ0v) is 15.8. The lowest BCUT2D eigenvalue weighted by Crippen LogP contribution is -2.33. The van der Waals surface area contributed by atoms with Crippen molar-refractivity contribution in [1.29, 1.82) is 0 Å². The summed E-state index contributed by atoms with van der Waals surface area (Å²) in [5.41, 5.74) is 2.92. The van der Waals surface area contributed by atoms with Crippen molar-refractivity contribution in [1.82, 2.24) is 4.90 Å². The molecule has 146 valence electrons. The molecule has 1 unspecified atom stereocenters. The Morgan fingerprint density at radius 3 is 2.44 bits per heavy atom. The van der Waals surface area contributed by atoms with Crippen LogP contribution < -0.4 is 0 Å². The Hall–Kier alpha value is -2.24. The maximum Gasteiger partial charge on any atom is 0.210 e. The molecule has 0 bridgehead atoms. The summed E-state index contributed by atoms with van der Waals surface area (Å²) in [7, 11) is 0. The van der Waals surface area contributed by atoms with Crippen LogP contribution in [0.15, 0.2) is 60.7 Å². The number of carbonyl (C=O) groups is 1. The number of hydrogen-bond acceptors (Lipinski definition) is 3. The van der Waals surface area contributed by atoms with Gasteiger partial charge in [-0.25, -0.2) is 4.39 Å². The molecule has 1 N–H and O–H groups in total. The molecule has 5 heteroatoms. The van der Waals surface area contributed by atoms with E-state index in [1.807, 2.05) is 6.92 Å². The van der Waals surface area contributed by atoms with Crippen molar-refractivity contribution in [2.75, 3.05) is 13.2 Å². The summed E-state index contributed by atoms with van der Waals surface area (Å²) < 4.78 is 18.2. The molecule has 1 saturated heterocycles. The van der Waals surface area contributed by atoms with Crippen LogP contribution >= 0.6 is 0 Å². The first-order chi connectivity index (χ1) is 13.0. The number of amides is 1. The molecule has 1 fully saturated rings. The van der Waals surface area contributed by atoms with Crippen LogP contribution in [-0.4, -0.2) is 41.8 Å². The number of halogens is 1. The Labute approximate surface area is 160 Å². The van der Waals surface area contributed by atoms with Crippen LogP contribution in [0.3, 0.4) is 0 Å². The lowest BCUT2D eigenvalue weighted by atomic mass is 9.88. The molecule has 1 aromatic rings. The van der Waals surface area contributed by atoms with Crippen LogP contribution in [0, 0.1) is 5.82 Å². The highest BCUT2D eigenvalue weighted by atomic mass is 19.1. The number of allylic oxidation sites excluding steroid dienone is 1. The molecule has 3 rings (SSSR count). The number of hydrogen-bond donors (Lipinski definition) is 1. The SMILES string of the molecule is C=CC1=C(C=C)[C@H](c2ccc(F)cc2)N(C=O)CC1.C[C@H]1CC(O)CCO1. The first kappa shape index (κ1) is 21.1. The number of aliphatic hydroxyl groups excluding tert-OH is 1. The largest absolute Gasteiger partial charge is 0.393 e. The maximum absolute atomic E-state index is 13.0. The molecule has 2 heterocycles. The average molecular weight is 373 g/mol. The van der Waals surface area contributed by atoms with Gasteiger partial charge in [-0.05, 0) is 55.0 Å². The van der Waals surface area contributed by atoms with Gasteiger partial charge in [-0.1, -0.05) is 37.4 Å². The average Bonchev–Trinajstić information content (AvgIpc) is 2.67. The molecular formula is C22H28FNO3. The summed E-state index contributed by atoms with van der Waals surface area (Å²) >= 11 is 0. The number of benzene rings is 1. The molecule has 0 radical (unpaired) electrons. The summed E-state index contributed by atoms with van der Waals surface area (Å²) in [6.07, 6.45) is 6.91. The van der Waals surface area contributed by atoms with Crippen molar-refractivity contribution < 1.29 is 19.0 Å². The smallest absolute Gasteiger partial charge is 0.210 e. The van der Waals surface area contributed by atoms with Gasteiger partial charge in [0, 0.05) is 13.2 Å². The van der Waals surface area contributed by atoms with E-state index in [1.165, 1.54) is 12.1 Å². The maximum atomic E-state index is 13.0. The zero-order valence-electron chi connectivity index (χ0n) is 15.8. The van der Waals surface area contributed by atoms with Crippen LogP contribution in [0.1, 0.15) is 37.8 Å². The molecule has 0 aromatic heterocycles. The minimum atomic E-state index is -0.287. The van der Waals surface area contributed by atoms with Gasteiger partial charge in [0.25, 0.3) is 0 Å². The number of rotatable bonds is 4. The van der Waals surface area contributed by atoms with Crippen LogP contribution in [0.5, 0.6) is 0 Å². The fourth-order valence-corrected chi connectivity index (χ4v) is 3.44. The highest BCUT2D eigenvalue weighted by Crippen LogP contribution is 2.35. The Kier molecular flexibility index (Phi) is 7.95. The van der Waals surface area contributed by atoms with Crippen molar-refractivity contribution in [3.05, 3.63) is 72.1 Å². The predicted molar refractivity (Wildman–Crippen MR) is 105 cm³/mol. The normalized spacial score (nSPS) is 25.3. The standard InChI is InChI=1S/C16H16FNO.C6H12O2/c1-3-12-9-10-18(11-19)16(15(12)4-2)13-5-7-14(17)8-6-13;1-5-4-6(7)2-3-8-5/h3-8,11,16H,1-2,9-10H2;5-7H,2-4H2,1H3/t16-;5-,6?/m00/s1. The quantitative estimate of drug-likeness (QED) is 0.813. The molecule has 27 heavy (non-hydrogen) atoms. The van der Waals surface area contributed by atoms with Gasteiger partial charge in [-0.15, -0.1) is 0 Å². The zero-order chi connectivity index (χ0) is 19.8. The van der Waals surface area contributed by atoms with Gasteiger partial charge in [-0.3, -0.25) is 4.79 Å². The van der Waals surface area contributed by atoms with Crippen molar-refractivity contribution in [2.24, 2.45) is 0 Å². The third kappa shape index (κ3) is 5.62. The van der Waals surface area contributed by atoms with Gasteiger partial charge < -0.3 is 14.7 Å². The van der Waals surface area contributed by atoms with E-state index >= 15 is 0 Å². The molecule has 0 aliphatic carbocycles. The molecular weight excluding hydrogens is 345 g/mol. The highest BCUT2D eigenvalue weighted by molar-refractivity contribution is 5.55. The minimum absolute atomic E-state index is 0.112. The topological polar surface area (TPSA) is 49.8 Å². The second-order valence-corrected chi connectivity index (χ2v) is 6.80. The van der Waals surface area contributed by atoms with Crippen LogP contribution in [0.4, 0.5) is 4.39 Å². The van der Waals surface area contributed by atoms with E-state index in [2.05, 4.69) is 13.2 Å². The van der Waals surface area contributed by atoms with Gasteiger partial charge in [0.2, 0.25) is 6.41 Å². The minimum Gasteiger partial charge on any atom is -0.393 e. The van der Waals surface area contributed by atoms with Gasteiger partial charge in [-0.2, -0.15) is 0 Å². The van der Waals surface area contributed by atoms with Crippen molar-refractivity contribution in [3.8, 4) is 0 Å². The van der Waals surface area contributed by atoms with Crippen LogP contribution in [-0.2, 0) is 9.53 Å². The molecule has 1 amide bonds. The summed E-state index contributed by atoms with van der Waals surface area (Å²) in [5.74, 6) is -0.287. The number of aliphatic hydroxyl groups is 1. The number of nitrogens with zero attached hydrogens (tertiary/aromatic N) is 1. The van der Waals surface area contributed by atoms with Crippen LogP contribution in [0.25, 0.3) is 0 Å². The van der Waals surface area contributed by atoms with Crippen molar-refractivity contribution >= 4 is 6.41 Å². The fraction of sp³-hybridized carbons (Fsp3) is 0.409. The molecule has 0 saturated carbocycles. The van der Waals surface area contributed by atoms with Gasteiger partial charge in [0.15, 0.2) is 0 Å². The molecule has 2 aliphatic heterocycles. The fourth-order valence-electron chi connectivity index (χ4n) is 3.44. The first-order valence-corrected chi connectivity index (χ1v) is 9.24. The van der Waals surface area contributed by atoms with E-state index in [1.54, 1.807) is 29.2 Å². The molecule has 4 nitrogen and oxygen atoms in total. The molecule has 3 atom stereocenters. The second-order valence-electron chi connectivity index (χ2n) is 6.80. The van der Waals surface area contributed by atoms with Crippen LogP contribution in [0.2, 0.25) is 0 Å². The Bertz CT molecular complexity index is 675. The van der Waals surface area contributed by atoms with E-state index in [0.717, 1.165) is 49.0 Å². The second kappa shape index (κ2) is 10.2. The van der Waals surface area contributed by atoms with Crippen molar-refractivity contribution in [2.45, 2.75) is 44.4 Å². The number of ether oxygens (including phenoxy) is 1. The summed E-state index contributed by atoms with van der Waals surface area (Å²) in [6.45, 7) is 11.0. The monoisotopic (exact) mass is 373 g/mol. The lowest BCUT2D eigenvalue weighted by Gasteiger charge is -2.35. The number of carbonyl (C=O) groups excluding carboxylic acids is 1. The van der Waals surface area contributed by atoms with E-state index < -0.39 is 0 Å². The lowest BCUT2D eigenvalue weighted by molar-refractivity contribution is -0.119. The Balaban J connectivity index is 0.000000273. The Morgan fingerprint density at radius 2 is 1.96 bits per heavy atom. The van der Waals surface area contributed by atoms with Gasteiger partial charge in [0.05, 0.1) is 18.2 Å². The van der Waals surface area contributed by atoms with E-state index in [0.29, 0.717) is 6.54 Å². The Morgan fingerprint density at radius 1 is 1.26 bits per heavy atom. The van der Waals surface area contributed by atoms with E-state index in [-0.39, 0.29) is 24.1 Å². The van der Waals surface area contributed by atoms with Gasteiger partial charge in [0.1, 0.15) is 5.82 Å². The summed E-state index contributed by atoms with van der Waals surface area (Å²) in [5, 5.41) is 9.00. The molecule has 1 aromatic carbocycles. The molecule has 2 aliphatic rings. The third-order valence-corrected chi connectivity index (χ3v) is 4.88. The third-order valence-electron chi connectivity index (χ3n) is 4.88. The van der Waals surface area contributed by atoms with Crippen molar-refractivity contribution in [3.63, 3.8) is 0 Å².